The zero-order chi connectivity index (χ0) is 40.5. The maximum Gasteiger partial charge on any atom is 0.160 e. The molecule has 3 aromatic heterocycles. The number of hydrogen-bond acceptors (Lipinski definition) is 2. The van der Waals surface area contributed by atoms with E-state index in [2.05, 4.69) is 188 Å². The van der Waals surface area contributed by atoms with E-state index in [4.69, 9.17) is 9.97 Å². The van der Waals surface area contributed by atoms with Gasteiger partial charge in [0.1, 0.15) is 0 Å². The SMILES string of the molecule is C=C/C=C\C=C(/C)c1cc(-c2ccccc2)nc(-c2ccc(-n3c4ccccc4c4cc5c(cc43)-c3cc4c6ccccc6n(-c6ccccc6)c4cc3C5(C)C)cc2)n1. The Labute approximate surface area is 349 Å². The Morgan fingerprint density at radius 1 is 0.517 bits per heavy atom. The Hall–Kier alpha value is -7.56. The van der Waals surface area contributed by atoms with E-state index >= 15 is 0 Å². The third-order valence-corrected chi connectivity index (χ3v) is 12.5. The molecule has 4 nitrogen and oxygen atoms in total. The van der Waals surface area contributed by atoms with Gasteiger partial charge in [0.25, 0.3) is 0 Å². The Morgan fingerprint density at radius 2 is 1.08 bits per heavy atom. The van der Waals surface area contributed by atoms with Crippen molar-refractivity contribution in [1.29, 1.82) is 0 Å². The average Bonchev–Trinajstić information content (AvgIpc) is 3.87. The molecule has 0 saturated carbocycles. The molecule has 286 valence electrons. The summed E-state index contributed by atoms with van der Waals surface area (Å²) in [5, 5.41) is 5.04. The fourth-order valence-electron chi connectivity index (χ4n) is 9.45. The summed E-state index contributed by atoms with van der Waals surface area (Å²) in [6.45, 7) is 10.7. The Bertz CT molecular complexity index is 3400. The average molecular weight is 771 g/mol. The molecule has 0 N–H and O–H groups in total. The van der Waals surface area contributed by atoms with Crippen LogP contribution in [0.5, 0.6) is 0 Å². The highest BCUT2D eigenvalue weighted by Crippen LogP contribution is 2.53. The van der Waals surface area contributed by atoms with Gasteiger partial charge in [-0.15, -0.1) is 0 Å². The molecule has 0 atom stereocenters. The summed E-state index contributed by atoms with van der Waals surface area (Å²) >= 11 is 0. The van der Waals surface area contributed by atoms with Gasteiger partial charge in [-0.3, -0.25) is 0 Å². The minimum Gasteiger partial charge on any atom is -0.309 e. The van der Waals surface area contributed by atoms with Crippen molar-refractivity contribution in [3.05, 3.63) is 211 Å². The monoisotopic (exact) mass is 770 g/mol. The molecule has 1 aliphatic rings. The van der Waals surface area contributed by atoms with Gasteiger partial charge < -0.3 is 9.13 Å². The number of rotatable bonds is 7. The zero-order valence-corrected chi connectivity index (χ0v) is 33.9. The van der Waals surface area contributed by atoms with Crippen molar-refractivity contribution >= 4 is 49.2 Å². The van der Waals surface area contributed by atoms with Gasteiger partial charge in [-0.1, -0.05) is 130 Å². The predicted molar refractivity (Wildman–Crippen MR) is 252 cm³/mol. The number of fused-ring (bicyclic) bond motifs is 9. The van der Waals surface area contributed by atoms with Crippen LogP contribution in [0.2, 0.25) is 0 Å². The second-order valence-corrected chi connectivity index (χ2v) is 16.3. The van der Waals surface area contributed by atoms with E-state index in [0.717, 1.165) is 33.8 Å². The predicted octanol–water partition coefficient (Wildman–Crippen LogP) is 14.5. The molecule has 0 radical (unpaired) electrons. The molecule has 1 aliphatic carbocycles. The van der Waals surface area contributed by atoms with Crippen LogP contribution < -0.4 is 0 Å². The standard InChI is InChI=1S/C56H42N4/c1-5-6-9-18-36(2)49-35-50(37-19-10-7-11-20-37)58-55(57-49)38-27-29-40(30-28-38)60-52-26-17-15-24-42(52)46-32-47-44(33-53(46)60)43-31-45-41-23-14-16-25-51(41)59(39-21-12-8-13-22-39)54(45)34-48(43)56(47,3)4/h5-35H,1H2,2-4H3/b9-6-,36-18+. The van der Waals surface area contributed by atoms with E-state index in [0.29, 0.717) is 5.82 Å². The lowest BCUT2D eigenvalue weighted by atomic mass is 9.82. The van der Waals surface area contributed by atoms with E-state index in [-0.39, 0.29) is 5.41 Å². The summed E-state index contributed by atoms with van der Waals surface area (Å²) in [6.07, 6.45) is 7.76. The van der Waals surface area contributed by atoms with E-state index in [1.165, 1.54) is 71.6 Å². The summed E-state index contributed by atoms with van der Waals surface area (Å²) < 4.78 is 4.85. The molecule has 0 amide bonds. The van der Waals surface area contributed by atoms with Crippen LogP contribution in [-0.4, -0.2) is 19.1 Å². The van der Waals surface area contributed by atoms with E-state index < -0.39 is 0 Å². The Kier molecular flexibility index (Phi) is 8.18. The number of nitrogens with zero attached hydrogens (tertiary/aromatic N) is 4. The number of aromatic nitrogens is 4. The Morgan fingerprint density at radius 3 is 1.77 bits per heavy atom. The molecule has 0 spiro atoms. The summed E-state index contributed by atoms with van der Waals surface area (Å²) in [7, 11) is 0. The van der Waals surface area contributed by atoms with Crippen LogP contribution in [0, 0.1) is 0 Å². The van der Waals surface area contributed by atoms with Crippen LogP contribution in [-0.2, 0) is 5.41 Å². The van der Waals surface area contributed by atoms with E-state index in [1.54, 1.807) is 6.08 Å². The Balaban J connectivity index is 1.07. The highest BCUT2D eigenvalue weighted by atomic mass is 15.0. The van der Waals surface area contributed by atoms with Crippen molar-refractivity contribution in [3.8, 4) is 45.1 Å². The van der Waals surface area contributed by atoms with Crippen molar-refractivity contribution < 1.29 is 0 Å². The largest absolute Gasteiger partial charge is 0.309 e. The number of allylic oxidation sites excluding steroid dienone is 5. The fraction of sp³-hybridized carbons (Fsp3) is 0.0714. The lowest BCUT2D eigenvalue weighted by Crippen LogP contribution is -2.15. The van der Waals surface area contributed by atoms with E-state index in [1.807, 2.05) is 30.4 Å². The van der Waals surface area contributed by atoms with Crippen LogP contribution in [0.3, 0.4) is 0 Å². The first-order valence-corrected chi connectivity index (χ1v) is 20.6. The van der Waals surface area contributed by atoms with Crippen molar-refractivity contribution in [3.63, 3.8) is 0 Å². The molecule has 4 heteroatoms. The van der Waals surface area contributed by atoms with E-state index in [9.17, 15) is 0 Å². The second-order valence-electron chi connectivity index (χ2n) is 16.3. The summed E-state index contributed by atoms with van der Waals surface area (Å²) in [4.78, 5) is 10.2. The first-order chi connectivity index (χ1) is 29.4. The minimum atomic E-state index is -0.196. The third-order valence-electron chi connectivity index (χ3n) is 12.5. The van der Waals surface area contributed by atoms with Crippen LogP contribution in [0.4, 0.5) is 0 Å². The lowest BCUT2D eigenvalue weighted by molar-refractivity contribution is 0.662. The normalized spacial score (nSPS) is 13.5. The van der Waals surface area contributed by atoms with Gasteiger partial charge >= 0.3 is 0 Å². The summed E-state index contributed by atoms with van der Waals surface area (Å²) in [6, 6.07) is 59.3. The maximum atomic E-state index is 5.10. The molecule has 0 bridgehead atoms. The van der Waals surface area contributed by atoms with Crippen LogP contribution in [0.25, 0.3) is 94.3 Å². The summed E-state index contributed by atoms with van der Waals surface area (Å²) in [5.41, 5.74) is 17.1. The van der Waals surface area contributed by atoms with Crippen LogP contribution >= 0.6 is 0 Å². The van der Waals surface area contributed by atoms with Crippen LogP contribution in [0.1, 0.15) is 37.6 Å². The van der Waals surface area contributed by atoms with Gasteiger partial charge in [0, 0.05) is 49.5 Å². The summed E-state index contributed by atoms with van der Waals surface area (Å²) in [5.74, 6) is 0.692. The highest BCUT2D eigenvalue weighted by molar-refractivity contribution is 6.14. The van der Waals surface area contributed by atoms with Gasteiger partial charge in [-0.25, -0.2) is 9.97 Å². The number of para-hydroxylation sites is 3. The van der Waals surface area contributed by atoms with Crippen molar-refractivity contribution in [2.75, 3.05) is 0 Å². The topological polar surface area (TPSA) is 35.6 Å². The smallest absolute Gasteiger partial charge is 0.160 e. The maximum absolute atomic E-state index is 5.10. The van der Waals surface area contributed by atoms with Crippen molar-refractivity contribution in [2.45, 2.75) is 26.2 Å². The molecule has 60 heavy (non-hydrogen) atoms. The molecule has 7 aromatic carbocycles. The molecule has 0 fully saturated rings. The molecular weight excluding hydrogens is 729 g/mol. The molecule has 0 unspecified atom stereocenters. The number of benzene rings is 7. The fourth-order valence-corrected chi connectivity index (χ4v) is 9.45. The van der Waals surface area contributed by atoms with Gasteiger partial charge in [0.2, 0.25) is 0 Å². The minimum absolute atomic E-state index is 0.196. The van der Waals surface area contributed by atoms with Crippen molar-refractivity contribution in [1.82, 2.24) is 19.1 Å². The lowest BCUT2D eigenvalue weighted by Gasteiger charge is -2.22. The quantitative estimate of drug-likeness (QED) is 0.151. The molecule has 0 aliphatic heterocycles. The molecule has 10 aromatic rings. The zero-order valence-electron chi connectivity index (χ0n) is 33.9. The second kappa shape index (κ2) is 13.8. The third kappa shape index (κ3) is 5.52. The highest BCUT2D eigenvalue weighted by Gasteiger charge is 2.37. The molecular formula is C56H42N4. The van der Waals surface area contributed by atoms with Gasteiger partial charge in [-0.2, -0.15) is 0 Å². The molecule has 11 rings (SSSR count). The number of hydrogen-bond donors (Lipinski definition) is 0. The molecule has 3 heterocycles. The van der Waals surface area contributed by atoms with Gasteiger partial charge in [-0.05, 0) is 114 Å². The molecule has 0 saturated heterocycles. The van der Waals surface area contributed by atoms with Crippen LogP contribution in [0.15, 0.2) is 195 Å². The van der Waals surface area contributed by atoms with Gasteiger partial charge in [0.15, 0.2) is 5.82 Å². The first kappa shape index (κ1) is 35.6. The van der Waals surface area contributed by atoms with Crippen molar-refractivity contribution in [2.24, 2.45) is 0 Å². The van der Waals surface area contributed by atoms with Gasteiger partial charge in [0.05, 0.1) is 33.5 Å². The first-order valence-electron chi connectivity index (χ1n) is 20.6.